The van der Waals surface area contributed by atoms with Gasteiger partial charge in [0.2, 0.25) is 0 Å². The van der Waals surface area contributed by atoms with E-state index in [1.807, 2.05) is 60.7 Å². The fourth-order valence-corrected chi connectivity index (χ4v) is 5.57. The van der Waals surface area contributed by atoms with E-state index >= 15 is 0 Å². The number of para-hydroxylation sites is 1. The minimum absolute atomic E-state index is 0.409. The molecule has 0 aliphatic rings. The largest absolute Gasteiger partial charge is 0.422 e. The van der Waals surface area contributed by atoms with E-state index in [0.29, 0.717) is 15.9 Å². The molecule has 0 aliphatic carbocycles. The fourth-order valence-electron chi connectivity index (χ4n) is 2.96. The molecule has 5 heteroatoms. The Bertz CT molecular complexity index is 1060. The third-order valence-electron chi connectivity index (χ3n) is 4.30. The number of benzene rings is 3. The monoisotopic (exact) mass is 461 g/mol. The van der Waals surface area contributed by atoms with Crippen molar-refractivity contribution in [2.75, 3.05) is 0 Å². The van der Waals surface area contributed by atoms with Crippen LogP contribution >= 0.6 is 23.9 Å². The van der Waals surface area contributed by atoms with Crippen molar-refractivity contribution in [3.63, 3.8) is 0 Å². The maximum atomic E-state index is 12.7. The lowest BCUT2D eigenvalue weighted by atomic mass is 10.3. The molecule has 0 bridgehead atoms. The average molecular weight is 462 g/mol. The molecule has 0 aliphatic heterocycles. The SMILES string of the molecule is O=C(Oc1ccccc1P(c1ccccc1)c1ccccc1)c1ccc(Br)nc1. The molecule has 3 aromatic carbocycles. The maximum Gasteiger partial charge on any atom is 0.345 e. The average Bonchev–Trinajstić information content (AvgIpc) is 2.77. The van der Waals surface area contributed by atoms with Gasteiger partial charge < -0.3 is 4.74 Å². The Morgan fingerprint density at radius 1 is 0.759 bits per heavy atom. The number of hydrogen-bond donors (Lipinski definition) is 0. The van der Waals surface area contributed by atoms with Crippen molar-refractivity contribution in [2.45, 2.75) is 0 Å². The smallest absolute Gasteiger partial charge is 0.345 e. The third-order valence-corrected chi connectivity index (χ3v) is 7.25. The second kappa shape index (κ2) is 9.13. The number of halogens is 1. The van der Waals surface area contributed by atoms with Gasteiger partial charge in [-0.2, -0.15) is 0 Å². The van der Waals surface area contributed by atoms with Crippen molar-refractivity contribution in [3.8, 4) is 5.75 Å². The van der Waals surface area contributed by atoms with Gasteiger partial charge >= 0.3 is 5.97 Å². The molecule has 0 fully saturated rings. The highest BCUT2D eigenvalue weighted by atomic mass is 79.9. The van der Waals surface area contributed by atoms with Gasteiger partial charge in [0.1, 0.15) is 10.4 Å². The van der Waals surface area contributed by atoms with Crippen LogP contribution in [0.5, 0.6) is 5.75 Å². The number of esters is 1. The van der Waals surface area contributed by atoms with Gasteiger partial charge in [0.25, 0.3) is 0 Å². The summed E-state index contributed by atoms with van der Waals surface area (Å²) >= 11 is 3.28. The lowest BCUT2D eigenvalue weighted by molar-refractivity contribution is 0.0736. The van der Waals surface area contributed by atoms with Crippen LogP contribution < -0.4 is 20.7 Å². The minimum atomic E-state index is -0.872. The van der Waals surface area contributed by atoms with Gasteiger partial charge in [0.15, 0.2) is 0 Å². The highest BCUT2D eigenvalue weighted by molar-refractivity contribution is 9.10. The Balaban J connectivity index is 1.75. The molecule has 0 amide bonds. The standard InChI is InChI=1S/C24H17BrNO2P/c25-23-16-15-18(17-26-23)24(27)28-21-13-7-8-14-22(21)29(19-9-3-1-4-10-19)20-11-5-2-6-12-20/h1-17H. The molecule has 3 nitrogen and oxygen atoms in total. The zero-order valence-corrected chi connectivity index (χ0v) is 17.9. The molecule has 0 saturated heterocycles. The minimum Gasteiger partial charge on any atom is -0.422 e. The maximum absolute atomic E-state index is 12.7. The van der Waals surface area contributed by atoms with E-state index in [1.165, 1.54) is 16.8 Å². The second-order valence-corrected chi connectivity index (χ2v) is 9.23. The molecule has 0 unspecified atom stereocenters. The van der Waals surface area contributed by atoms with Crippen molar-refractivity contribution in [2.24, 2.45) is 0 Å². The molecule has 142 valence electrons. The van der Waals surface area contributed by atoms with E-state index in [9.17, 15) is 4.79 Å². The molecular weight excluding hydrogens is 445 g/mol. The highest BCUT2D eigenvalue weighted by Crippen LogP contribution is 2.36. The molecule has 0 atom stereocenters. The topological polar surface area (TPSA) is 39.2 Å². The summed E-state index contributed by atoms with van der Waals surface area (Å²) in [5.74, 6) is 0.146. The zero-order chi connectivity index (χ0) is 20.1. The Morgan fingerprint density at radius 2 is 1.34 bits per heavy atom. The number of pyridine rings is 1. The van der Waals surface area contributed by atoms with Gasteiger partial charge in [0.05, 0.1) is 5.56 Å². The summed E-state index contributed by atoms with van der Waals surface area (Å²) in [5.41, 5.74) is 0.409. The lowest BCUT2D eigenvalue weighted by Gasteiger charge is -2.21. The first-order chi connectivity index (χ1) is 14.2. The van der Waals surface area contributed by atoms with Gasteiger partial charge in [-0.1, -0.05) is 78.9 Å². The van der Waals surface area contributed by atoms with Crippen LogP contribution in [0.4, 0.5) is 0 Å². The number of aromatic nitrogens is 1. The van der Waals surface area contributed by atoms with Crippen molar-refractivity contribution in [1.29, 1.82) is 0 Å². The zero-order valence-electron chi connectivity index (χ0n) is 15.4. The summed E-state index contributed by atoms with van der Waals surface area (Å²) in [5, 5.41) is 3.39. The molecule has 1 heterocycles. The molecule has 0 radical (unpaired) electrons. The summed E-state index contributed by atoms with van der Waals surface area (Å²) in [4.78, 5) is 16.8. The summed E-state index contributed by atoms with van der Waals surface area (Å²) in [7, 11) is -0.872. The summed E-state index contributed by atoms with van der Waals surface area (Å²) in [6, 6.07) is 31.8. The Labute approximate surface area is 179 Å². The lowest BCUT2D eigenvalue weighted by Crippen LogP contribution is -2.23. The third kappa shape index (κ3) is 4.61. The number of rotatable bonds is 5. The van der Waals surface area contributed by atoms with Gasteiger partial charge in [0, 0.05) is 11.5 Å². The van der Waals surface area contributed by atoms with Crippen LogP contribution in [-0.4, -0.2) is 11.0 Å². The van der Waals surface area contributed by atoms with E-state index in [0.717, 1.165) is 5.30 Å². The van der Waals surface area contributed by atoms with Crippen molar-refractivity contribution in [3.05, 3.63) is 113 Å². The van der Waals surface area contributed by atoms with E-state index in [1.54, 1.807) is 12.1 Å². The summed E-state index contributed by atoms with van der Waals surface area (Å²) in [6.45, 7) is 0. The van der Waals surface area contributed by atoms with Crippen molar-refractivity contribution < 1.29 is 9.53 Å². The molecule has 0 saturated carbocycles. The van der Waals surface area contributed by atoms with E-state index in [2.05, 4.69) is 45.2 Å². The Hall–Kier alpha value is -2.81. The van der Waals surface area contributed by atoms with Crippen LogP contribution in [0.15, 0.2) is 108 Å². The van der Waals surface area contributed by atoms with Crippen LogP contribution in [-0.2, 0) is 0 Å². The highest BCUT2D eigenvalue weighted by Gasteiger charge is 2.21. The Morgan fingerprint density at radius 3 is 1.93 bits per heavy atom. The second-order valence-electron chi connectivity index (χ2n) is 6.23. The predicted octanol–water partition coefficient (Wildman–Crippen LogP) is 4.82. The Kier molecular flexibility index (Phi) is 6.14. The number of carbonyl (C=O) groups excluding carboxylic acids is 1. The number of nitrogens with zero attached hydrogens (tertiary/aromatic N) is 1. The van der Waals surface area contributed by atoms with Gasteiger partial charge in [-0.05, 0) is 52.7 Å². The van der Waals surface area contributed by atoms with E-state index in [4.69, 9.17) is 4.74 Å². The van der Waals surface area contributed by atoms with E-state index < -0.39 is 13.9 Å². The van der Waals surface area contributed by atoms with E-state index in [-0.39, 0.29) is 0 Å². The predicted molar refractivity (Wildman–Crippen MR) is 122 cm³/mol. The molecule has 4 rings (SSSR count). The number of carbonyl (C=O) groups is 1. The first kappa shape index (κ1) is 19.5. The van der Waals surface area contributed by atoms with Crippen LogP contribution in [0.25, 0.3) is 0 Å². The fraction of sp³-hybridized carbons (Fsp3) is 0. The number of ether oxygens (including phenoxy) is 1. The normalized spacial score (nSPS) is 10.7. The quantitative estimate of drug-likeness (QED) is 0.185. The van der Waals surface area contributed by atoms with Gasteiger partial charge in [-0.15, -0.1) is 0 Å². The van der Waals surface area contributed by atoms with Crippen LogP contribution in [0, 0.1) is 0 Å². The van der Waals surface area contributed by atoms with Crippen LogP contribution in [0.3, 0.4) is 0 Å². The number of hydrogen-bond acceptors (Lipinski definition) is 3. The molecule has 0 spiro atoms. The van der Waals surface area contributed by atoms with Gasteiger partial charge in [-0.25, -0.2) is 9.78 Å². The molecule has 4 aromatic rings. The molecule has 0 N–H and O–H groups in total. The van der Waals surface area contributed by atoms with Crippen molar-refractivity contribution >= 4 is 45.7 Å². The molecule has 29 heavy (non-hydrogen) atoms. The van der Waals surface area contributed by atoms with Crippen molar-refractivity contribution in [1.82, 2.24) is 4.98 Å². The summed E-state index contributed by atoms with van der Waals surface area (Å²) < 4.78 is 6.49. The van der Waals surface area contributed by atoms with Gasteiger partial charge in [-0.3, -0.25) is 0 Å². The first-order valence-electron chi connectivity index (χ1n) is 9.05. The van der Waals surface area contributed by atoms with Crippen LogP contribution in [0.1, 0.15) is 10.4 Å². The first-order valence-corrected chi connectivity index (χ1v) is 11.2. The summed E-state index contributed by atoms with van der Waals surface area (Å²) in [6.07, 6.45) is 1.51. The van der Waals surface area contributed by atoms with Crippen LogP contribution in [0.2, 0.25) is 0 Å². The molecular formula is C24H17BrNO2P. The molecule has 1 aromatic heterocycles.